The molecule has 2 rings (SSSR count). The van der Waals surface area contributed by atoms with Gasteiger partial charge in [-0.3, -0.25) is 4.90 Å². The van der Waals surface area contributed by atoms with E-state index >= 15 is 0 Å². The number of hydrogen-bond donors (Lipinski definition) is 0. The molecular weight excluding hydrogens is 562 g/mol. The number of aliphatic imine (C=N–C) groups is 2. The smallest absolute Gasteiger partial charge is 0.259 e. The van der Waals surface area contributed by atoms with E-state index in [1.165, 1.54) is 0 Å². The summed E-state index contributed by atoms with van der Waals surface area (Å²) in [6, 6.07) is 10.3. The Morgan fingerprint density at radius 3 is 1.48 bits per heavy atom. The fraction of sp³-hybridized carbons (Fsp3) is 0.758. The summed E-state index contributed by atoms with van der Waals surface area (Å²) >= 11 is 0. The first-order valence-corrected chi connectivity index (χ1v) is 16.7. The molecule has 1 heterocycles. The van der Waals surface area contributed by atoms with Crippen LogP contribution in [0.25, 0.3) is 0 Å². The minimum absolute atomic E-state index is 0.206. The van der Waals surface area contributed by atoms with E-state index in [4.69, 9.17) is 38.4 Å². The normalized spacial score (nSPS) is 16.3. The maximum absolute atomic E-state index is 6.37. The molecule has 0 fully saturated rings. The predicted molar refractivity (Wildman–Crippen MR) is 175 cm³/mol. The van der Waals surface area contributed by atoms with Crippen LogP contribution in [0.1, 0.15) is 85.6 Å². The Morgan fingerprint density at radius 2 is 1.02 bits per heavy atom. The van der Waals surface area contributed by atoms with Crippen molar-refractivity contribution in [2.45, 2.75) is 86.4 Å². The van der Waals surface area contributed by atoms with E-state index in [9.17, 15) is 0 Å². The average molecular weight is 623 g/mol. The molecule has 0 bridgehead atoms. The summed E-state index contributed by atoms with van der Waals surface area (Å²) in [6.07, 6.45) is 4.93. The number of amidine groups is 1. The molecule has 11 nitrogen and oxygen atoms in total. The van der Waals surface area contributed by atoms with Crippen LogP contribution in [0.15, 0.2) is 40.3 Å². The van der Waals surface area contributed by atoms with Crippen molar-refractivity contribution in [2.24, 2.45) is 9.98 Å². The highest BCUT2D eigenvalue weighted by atomic mass is 16.5. The molecule has 0 N–H and O–H groups in total. The molecule has 1 aromatic rings. The molecule has 11 heteroatoms. The van der Waals surface area contributed by atoms with Crippen molar-refractivity contribution in [1.82, 2.24) is 9.80 Å². The predicted octanol–water partition coefficient (Wildman–Crippen LogP) is 5.81. The second kappa shape index (κ2) is 23.4. The average Bonchev–Trinajstić information content (AvgIpc) is 3.04. The molecule has 44 heavy (non-hydrogen) atoms. The number of guanidine groups is 1. The van der Waals surface area contributed by atoms with Crippen molar-refractivity contribution in [2.75, 3.05) is 80.0 Å². The van der Waals surface area contributed by atoms with Crippen LogP contribution in [-0.4, -0.2) is 112 Å². The van der Waals surface area contributed by atoms with E-state index in [1.54, 1.807) is 0 Å². The van der Waals surface area contributed by atoms with E-state index < -0.39 is 6.29 Å². The summed E-state index contributed by atoms with van der Waals surface area (Å²) in [5.41, 5.74) is 0.970. The molecule has 0 spiro atoms. The summed E-state index contributed by atoms with van der Waals surface area (Å²) < 4.78 is 37.3. The molecule has 1 aromatic carbocycles. The van der Waals surface area contributed by atoms with Crippen LogP contribution in [0.4, 0.5) is 0 Å². The van der Waals surface area contributed by atoms with Gasteiger partial charge in [-0.2, -0.15) is 19.4 Å². The minimum Gasteiger partial charge on any atom is -0.366 e. The first-order chi connectivity index (χ1) is 21.6. The fourth-order valence-electron chi connectivity index (χ4n) is 4.65. The van der Waals surface area contributed by atoms with Gasteiger partial charge in [0.05, 0.1) is 18.8 Å². The number of quaternary nitrogens is 1. The third-order valence-electron chi connectivity index (χ3n) is 6.68. The lowest BCUT2D eigenvalue weighted by atomic mass is 10.1. The summed E-state index contributed by atoms with van der Waals surface area (Å²) in [5.74, 6) is 1.34. The summed E-state index contributed by atoms with van der Waals surface area (Å²) in [4.78, 5) is 14.7. The van der Waals surface area contributed by atoms with E-state index in [1.807, 2.05) is 23.1 Å². The maximum atomic E-state index is 6.37. The maximum Gasteiger partial charge on any atom is 0.259 e. The fourth-order valence-corrected chi connectivity index (χ4v) is 4.65. The Morgan fingerprint density at radius 1 is 0.591 bits per heavy atom. The highest BCUT2D eigenvalue weighted by molar-refractivity contribution is 6.03. The largest absolute Gasteiger partial charge is 0.366 e. The molecule has 0 radical (unpaired) electrons. The Kier molecular flexibility index (Phi) is 20.3. The monoisotopic (exact) mass is 622 g/mol. The van der Waals surface area contributed by atoms with Crippen LogP contribution in [0.5, 0.6) is 0 Å². The summed E-state index contributed by atoms with van der Waals surface area (Å²) in [6.45, 7) is 18.3. The summed E-state index contributed by atoms with van der Waals surface area (Å²) in [5, 5.41) is 0. The molecule has 1 atom stereocenters. The van der Waals surface area contributed by atoms with Crippen molar-refractivity contribution in [1.29, 1.82) is 0 Å². The lowest BCUT2D eigenvalue weighted by Crippen LogP contribution is -2.69. The van der Waals surface area contributed by atoms with Gasteiger partial charge in [-0.05, 0) is 50.7 Å². The standard InChI is InChI=1S/C33H60N5O6/c1-7-18-39-24-36(25-40-19-8-2)32-34-31(30-16-14-13-15-17-30)38(28-43-22-11-5,29-44-23-12-6)33(35-32)37(26-41-20-9-3)27-42-21-10-4/h13-17,33H,7-12,18-29H2,1-6H3/q+1. The second-order valence-electron chi connectivity index (χ2n) is 11.0. The van der Waals surface area contributed by atoms with Crippen LogP contribution in [0, 0.1) is 0 Å². The number of ether oxygens (including phenoxy) is 6. The van der Waals surface area contributed by atoms with E-state index in [2.05, 4.69) is 58.6 Å². The van der Waals surface area contributed by atoms with Crippen LogP contribution in [0.2, 0.25) is 0 Å². The third-order valence-corrected chi connectivity index (χ3v) is 6.68. The molecule has 252 valence electrons. The Labute approximate surface area is 266 Å². The molecule has 0 saturated heterocycles. The van der Waals surface area contributed by atoms with Crippen LogP contribution in [0.3, 0.4) is 0 Å². The molecule has 1 aliphatic rings. The minimum atomic E-state index is -0.514. The molecule has 1 aliphatic heterocycles. The zero-order chi connectivity index (χ0) is 31.9. The van der Waals surface area contributed by atoms with Gasteiger partial charge >= 0.3 is 0 Å². The van der Waals surface area contributed by atoms with Gasteiger partial charge < -0.3 is 28.4 Å². The molecule has 0 amide bonds. The van der Waals surface area contributed by atoms with Crippen molar-refractivity contribution in [3.63, 3.8) is 0 Å². The lowest BCUT2D eigenvalue weighted by molar-refractivity contribution is -0.918. The van der Waals surface area contributed by atoms with E-state index in [0.717, 1.165) is 49.9 Å². The molecule has 0 aromatic heterocycles. The molecule has 1 unspecified atom stereocenters. The van der Waals surface area contributed by atoms with Crippen molar-refractivity contribution < 1.29 is 32.9 Å². The van der Waals surface area contributed by atoms with Gasteiger partial charge in [0.2, 0.25) is 11.8 Å². The topological polar surface area (TPSA) is 86.6 Å². The first kappa shape index (κ1) is 38.2. The lowest BCUT2D eigenvalue weighted by Gasteiger charge is -2.47. The van der Waals surface area contributed by atoms with Gasteiger partial charge in [0.15, 0.2) is 13.5 Å². The van der Waals surface area contributed by atoms with Crippen molar-refractivity contribution in [3.8, 4) is 0 Å². The quantitative estimate of drug-likeness (QED) is 0.0727. The van der Waals surface area contributed by atoms with Crippen molar-refractivity contribution in [3.05, 3.63) is 35.9 Å². The molecule has 0 aliphatic carbocycles. The van der Waals surface area contributed by atoms with Gasteiger partial charge in [0.1, 0.15) is 26.9 Å². The van der Waals surface area contributed by atoms with Crippen LogP contribution < -0.4 is 0 Å². The van der Waals surface area contributed by atoms with Gasteiger partial charge in [-0.1, -0.05) is 59.7 Å². The van der Waals surface area contributed by atoms with Crippen LogP contribution in [-0.2, 0) is 28.4 Å². The molecule has 0 saturated carbocycles. The van der Waals surface area contributed by atoms with Gasteiger partial charge in [-0.15, -0.1) is 0 Å². The zero-order valence-corrected chi connectivity index (χ0v) is 28.4. The van der Waals surface area contributed by atoms with Gasteiger partial charge in [0, 0.05) is 26.4 Å². The number of rotatable bonds is 26. The molecular formula is C33H60N5O6+. The Balaban J connectivity index is 2.77. The first-order valence-electron chi connectivity index (χ1n) is 16.7. The number of hydrogen-bond acceptors (Lipinski definition) is 10. The van der Waals surface area contributed by atoms with E-state index in [-0.39, 0.29) is 4.48 Å². The number of benzene rings is 1. The van der Waals surface area contributed by atoms with Crippen LogP contribution >= 0.6 is 0 Å². The zero-order valence-electron chi connectivity index (χ0n) is 28.4. The van der Waals surface area contributed by atoms with Crippen molar-refractivity contribution >= 4 is 11.8 Å². The third kappa shape index (κ3) is 12.4. The van der Waals surface area contributed by atoms with E-state index in [0.29, 0.717) is 86.0 Å². The Hall–Kier alpha value is -1.96. The highest BCUT2D eigenvalue weighted by Crippen LogP contribution is 2.30. The van der Waals surface area contributed by atoms with Gasteiger partial charge in [-0.25, -0.2) is 0 Å². The highest BCUT2D eigenvalue weighted by Gasteiger charge is 2.50. The second-order valence-corrected chi connectivity index (χ2v) is 11.0. The summed E-state index contributed by atoms with van der Waals surface area (Å²) in [7, 11) is 0. The van der Waals surface area contributed by atoms with Gasteiger partial charge in [0.25, 0.3) is 6.29 Å². The number of nitrogens with zero attached hydrogens (tertiary/aromatic N) is 5. The Bertz CT molecular complexity index is 889. The SMILES string of the molecule is CCCOCN(COCCC)C1=NC(N(COCCC)COCCC)[N+](COCCC)(COCCC)C(c2ccccc2)=N1.